The van der Waals surface area contributed by atoms with E-state index < -0.39 is 10.8 Å². The smallest absolute Gasteiger partial charge is 0.292 e. The van der Waals surface area contributed by atoms with Crippen molar-refractivity contribution < 1.29 is 9.72 Å². The summed E-state index contributed by atoms with van der Waals surface area (Å²) < 4.78 is 0. The van der Waals surface area contributed by atoms with E-state index >= 15 is 0 Å². The third-order valence-corrected chi connectivity index (χ3v) is 3.91. The second kappa shape index (κ2) is 8.34. The lowest BCUT2D eigenvalue weighted by Gasteiger charge is -2.07. The summed E-state index contributed by atoms with van der Waals surface area (Å²) in [6.07, 6.45) is 1.25. The number of nitro groups is 1. The first kappa shape index (κ1) is 19.2. The van der Waals surface area contributed by atoms with Crippen molar-refractivity contribution in [3.05, 3.63) is 67.7 Å². The number of hydrogen-bond acceptors (Lipinski definition) is 5. The fraction of sp³-hybridized carbons (Fsp3) is 0.0588. The average molecular weight is 391 g/mol. The van der Waals surface area contributed by atoms with Gasteiger partial charge >= 0.3 is 0 Å². The number of nitrogens with zero attached hydrogens (tertiary/aromatic N) is 2. The van der Waals surface area contributed by atoms with Crippen LogP contribution in [-0.2, 0) is 4.79 Å². The molecule has 0 aliphatic heterocycles. The molecule has 0 aromatic heterocycles. The summed E-state index contributed by atoms with van der Waals surface area (Å²) in [6.45, 7) is 0. The molecule has 0 spiro atoms. The Balaban J connectivity index is 2.34. The van der Waals surface area contributed by atoms with Crippen molar-refractivity contribution in [3.63, 3.8) is 0 Å². The Morgan fingerprint density at radius 1 is 1.23 bits per heavy atom. The number of nitriles is 1. The van der Waals surface area contributed by atoms with Crippen LogP contribution in [-0.4, -0.2) is 17.9 Å². The zero-order valence-corrected chi connectivity index (χ0v) is 14.9. The van der Waals surface area contributed by atoms with E-state index in [1.807, 2.05) is 0 Å². The topological polar surface area (TPSA) is 108 Å². The van der Waals surface area contributed by atoms with Gasteiger partial charge in [0.1, 0.15) is 17.3 Å². The lowest BCUT2D eigenvalue weighted by atomic mass is 10.1. The number of carbonyl (C=O) groups is 1. The molecule has 2 aromatic carbocycles. The Hall–Kier alpha value is -3.08. The monoisotopic (exact) mass is 390 g/mol. The molecule has 0 aliphatic carbocycles. The minimum atomic E-state index is -0.711. The molecule has 26 heavy (non-hydrogen) atoms. The molecule has 9 heteroatoms. The SMILES string of the molecule is CNc1ccc(/C=C(\C#N)C(=O)Nc2cc(Cl)ccc2Cl)cc1[N+](=O)[O-]. The Bertz CT molecular complexity index is 952. The van der Waals surface area contributed by atoms with Crippen molar-refractivity contribution in [2.45, 2.75) is 0 Å². The van der Waals surface area contributed by atoms with E-state index in [9.17, 15) is 20.2 Å². The predicted octanol–water partition coefficient (Wildman–Crippen LogP) is 4.49. The Morgan fingerprint density at radius 2 is 1.96 bits per heavy atom. The lowest BCUT2D eigenvalue weighted by Crippen LogP contribution is -2.13. The van der Waals surface area contributed by atoms with Crippen LogP contribution in [0.15, 0.2) is 42.0 Å². The minimum Gasteiger partial charge on any atom is -0.383 e. The first-order valence-electron chi connectivity index (χ1n) is 7.20. The van der Waals surface area contributed by atoms with Crippen LogP contribution in [0, 0.1) is 21.4 Å². The minimum absolute atomic E-state index is 0.170. The van der Waals surface area contributed by atoms with Gasteiger partial charge in [-0.05, 0) is 35.9 Å². The largest absolute Gasteiger partial charge is 0.383 e. The summed E-state index contributed by atoms with van der Waals surface area (Å²) in [4.78, 5) is 22.9. The summed E-state index contributed by atoms with van der Waals surface area (Å²) in [7, 11) is 1.56. The van der Waals surface area contributed by atoms with Gasteiger partial charge in [0.05, 0.1) is 15.6 Å². The molecule has 0 fully saturated rings. The Kier molecular flexibility index (Phi) is 6.17. The number of halogens is 2. The van der Waals surface area contributed by atoms with Crippen molar-refractivity contribution >= 4 is 52.2 Å². The molecule has 0 saturated carbocycles. The molecule has 1 amide bonds. The van der Waals surface area contributed by atoms with Crippen LogP contribution in [0.5, 0.6) is 0 Å². The molecule has 0 saturated heterocycles. The van der Waals surface area contributed by atoms with Gasteiger partial charge in [-0.1, -0.05) is 29.3 Å². The molecular weight excluding hydrogens is 379 g/mol. The number of amides is 1. The average Bonchev–Trinajstić information content (AvgIpc) is 2.62. The molecule has 0 aliphatic rings. The highest BCUT2D eigenvalue weighted by Gasteiger charge is 2.15. The zero-order chi connectivity index (χ0) is 19.3. The van der Waals surface area contributed by atoms with Gasteiger partial charge < -0.3 is 10.6 Å². The maximum absolute atomic E-state index is 12.3. The van der Waals surface area contributed by atoms with E-state index in [1.54, 1.807) is 25.2 Å². The highest BCUT2D eigenvalue weighted by atomic mass is 35.5. The van der Waals surface area contributed by atoms with Crippen LogP contribution in [0.1, 0.15) is 5.56 Å². The normalized spacial score (nSPS) is 10.8. The summed E-state index contributed by atoms with van der Waals surface area (Å²) >= 11 is 11.8. The van der Waals surface area contributed by atoms with E-state index in [4.69, 9.17) is 23.2 Å². The van der Waals surface area contributed by atoms with Gasteiger partial charge in [0.2, 0.25) is 0 Å². The third kappa shape index (κ3) is 4.51. The van der Waals surface area contributed by atoms with Gasteiger partial charge in [0, 0.05) is 18.1 Å². The molecule has 0 atom stereocenters. The third-order valence-electron chi connectivity index (χ3n) is 3.34. The predicted molar refractivity (Wildman–Crippen MR) is 101 cm³/mol. The summed E-state index contributed by atoms with van der Waals surface area (Å²) in [6, 6.07) is 10.6. The number of rotatable bonds is 5. The number of hydrogen-bond donors (Lipinski definition) is 2. The van der Waals surface area contributed by atoms with E-state index in [0.29, 0.717) is 16.3 Å². The van der Waals surface area contributed by atoms with Crippen molar-refractivity contribution in [1.82, 2.24) is 0 Å². The number of nitrogens with one attached hydrogen (secondary N) is 2. The molecule has 0 unspecified atom stereocenters. The zero-order valence-electron chi connectivity index (χ0n) is 13.4. The van der Waals surface area contributed by atoms with Gasteiger partial charge in [-0.15, -0.1) is 0 Å². The van der Waals surface area contributed by atoms with E-state index in [1.165, 1.54) is 30.3 Å². The van der Waals surface area contributed by atoms with Gasteiger partial charge in [-0.2, -0.15) is 5.26 Å². The van der Waals surface area contributed by atoms with Crippen molar-refractivity contribution in [1.29, 1.82) is 5.26 Å². The molecule has 132 valence electrons. The summed E-state index contributed by atoms with van der Waals surface area (Å²) in [5.74, 6) is -0.711. The second-order valence-electron chi connectivity index (χ2n) is 5.03. The van der Waals surface area contributed by atoms with Crippen LogP contribution < -0.4 is 10.6 Å². The fourth-order valence-corrected chi connectivity index (χ4v) is 2.44. The van der Waals surface area contributed by atoms with Gasteiger partial charge in [-0.25, -0.2) is 0 Å². The molecule has 0 heterocycles. The number of anilines is 2. The fourth-order valence-electron chi connectivity index (χ4n) is 2.10. The quantitative estimate of drug-likeness (QED) is 0.338. The maximum atomic E-state index is 12.3. The van der Waals surface area contributed by atoms with Gasteiger partial charge in [-0.3, -0.25) is 14.9 Å². The van der Waals surface area contributed by atoms with E-state index in [0.717, 1.165) is 0 Å². The standard InChI is InChI=1S/C17H12Cl2N4O3/c1-21-14-5-2-10(7-16(14)23(25)26)6-11(9-20)17(24)22-15-8-12(18)3-4-13(15)19/h2-8,21H,1H3,(H,22,24)/b11-6+. The van der Waals surface area contributed by atoms with Crippen LogP contribution in [0.25, 0.3) is 6.08 Å². The summed E-state index contributed by atoms with van der Waals surface area (Å²) in [5, 5.41) is 26.2. The van der Waals surface area contributed by atoms with Crippen LogP contribution in [0.3, 0.4) is 0 Å². The van der Waals surface area contributed by atoms with Crippen molar-refractivity contribution in [2.75, 3.05) is 17.7 Å². The molecule has 2 N–H and O–H groups in total. The van der Waals surface area contributed by atoms with Crippen LogP contribution in [0.2, 0.25) is 10.0 Å². The molecule has 7 nitrogen and oxygen atoms in total. The number of carbonyl (C=O) groups excluding carboxylic acids is 1. The maximum Gasteiger partial charge on any atom is 0.292 e. The van der Waals surface area contributed by atoms with Crippen molar-refractivity contribution in [2.24, 2.45) is 0 Å². The molecule has 2 aromatic rings. The highest BCUT2D eigenvalue weighted by Crippen LogP contribution is 2.27. The van der Waals surface area contributed by atoms with Crippen molar-refractivity contribution in [3.8, 4) is 6.07 Å². The second-order valence-corrected chi connectivity index (χ2v) is 5.88. The number of benzene rings is 2. The molecule has 0 radical (unpaired) electrons. The van der Waals surface area contributed by atoms with Crippen LogP contribution >= 0.6 is 23.2 Å². The highest BCUT2D eigenvalue weighted by molar-refractivity contribution is 6.36. The molecular formula is C17H12Cl2N4O3. The Morgan fingerprint density at radius 3 is 2.58 bits per heavy atom. The molecule has 2 rings (SSSR count). The lowest BCUT2D eigenvalue weighted by molar-refractivity contribution is -0.384. The van der Waals surface area contributed by atoms with Gasteiger partial charge in [0.15, 0.2) is 0 Å². The number of nitro benzene ring substituents is 1. The van der Waals surface area contributed by atoms with Gasteiger partial charge in [0.25, 0.3) is 11.6 Å². The Labute approximate surface area is 159 Å². The van der Waals surface area contributed by atoms with E-state index in [-0.39, 0.29) is 22.0 Å². The first-order chi connectivity index (χ1) is 12.3. The summed E-state index contributed by atoms with van der Waals surface area (Å²) in [5.41, 5.74) is 0.492. The van der Waals surface area contributed by atoms with Crippen LogP contribution in [0.4, 0.5) is 17.1 Å². The molecule has 0 bridgehead atoms. The van der Waals surface area contributed by atoms with E-state index in [2.05, 4.69) is 10.6 Å². The first-order valence-corrected chi connectivity index (χ1v) is 7.95.